The molecule has 0 aromatic carbocycles. The van der Waals surface area contributed by atoms with E-state index in [0.29, 0.717) is 6.61 Å². The van der Waals surface area contributed by atoms with Crippen molar-refractivity contribution in [2.45, 2.75) is 13.5 Å². The van der Waals surface area contributed by atoms with E-state index in [1.165, 1.54) is 0 Å². The van der Waals surface area contributed by atoms with E-state index in [2.05, 4.69) is 34.8 Å². The highest BCUT2D eigenvalue weighted by molar-refractivity contribution is 5.47. The minimum atomic E-state index is 0.707. The van der Waals surface area contributed by atoms with Crippen molar-refractivity contribution in [3.8, 4) is 0 Å². The molecule has 100 valence electrons. The van der Waals surface area contributed by atoms with Crippen molar-refractivity contribution in [2.24, 2.45) is 0 Å². The summed E-state index contributed by atoms with van der Waals surface area (Å²) >= 11 is 0. The third-order valence-corrected chi connectivity index (χ3v) is 2.64. The maximum absolute atomic E-state index is 5.13. The number of pyridine rings is 1. The molecule has 0 radical (unpaired) electrons. The van der Waals surface area contributed by atoms with Crippen LogP contribution in [0.3, 0.4) is 0 Å². The van der Waals surface area contributed by atoms with Gasteiger partial charge >= 0.3 is 0 Å². The monoisotopic (exact) mass is 249 g/mol. The number of nitrogens with one attached hydrogen (secondary N) is 1. The molecule has 0 saturated carbocycles. The first kappa shape index (κ1) is 14.7. The molecule has 0 saturated heterocycles. The van der Waals surface area contributed by atoms with Gasteiger partial charge in [-0.25, -0.2) is 0 Å². The molecule has 1 N–H and O–H groups in total. The Hall–Kier alpha value is -1.39. The van der Waals surface area contributed by atoms with Crippen molar-refractivity contribution in [2.75, 3.05) is 38.3 Å². The van der Waals surface area contributed by atoms with Crippen LogP contribution in [0, 0.1) is 0 Å². The summed E-state index contributed by atoms with van der Waals surface area (Å²) in [6.07, 6.45) is 3.75. The van der Waals surface area contributed by atoms with Crippen molar-refractivity contribution in [1.82, 2.24) is 10.3 Å². The molecule has 4 nitrogen and oxygen atoms in total. The van der Waals surface area contributed by atoms with Crippen molar-refractivity contribution in [1.29, 1.82) is 0 Å². The first-order valence-electron chi connectivity index (χ1n) is 6.32. The Morgan fingerprint density at radius 3 is 3.06 bits per heavy atom. The van der Waals surface area contributed by atoms with Crippen LogP contribution in [-0.4, -0.2) is 38.3 Å². The summed E-state index contributed by atoms with van der Waals surface area (Å²) in [6.45, 7) is 10.0. The van der Waals surface area contributed by atoms with E-state index in [-0.39, 0.29) is 0 Å². The summed E-state index contributed by atoms with van der Waals surface area (Å²) in [5, 5.41) is 3.28. The molecular formula is C14H23N3O. The van der Waals surface area contributed by atoms with Crippen LogP contribution < -0.4 is 10.2 Å². The summed E-state index contributed by atoms with van der Waals surface area (Å²) in [5.41, 5.74) is 2.22. The summed E-state index contributed by atoms with van der Waals surface area (Å²) in [7, 11) is 1.72. The Labute approximate surface area is 110 Å². The van der Waals surface area contributed by atoms with Crippen LogP contribution in [0.15, 0.2) is 31.0 Å². The molecule has 0 aliphatic heterocycles. The molecule has 0 aliphatic rings. The molecule has 0 aliphatic carbocycles. The number of methoxy groups -OCH3 is 1. The fraction of sp³-hybridized carbons (Fsp3) is 0.500. The van der Waals surface area contributed by atoms with E-state index in [0.717, 1.165) is 37.6 Å². The molecular weight excluding hydrogens is 226 g/mol. The molecule has 0 atom stereocenters. The second-order valence-corrected chi connectivity index (χ2v) is 4.01. The lowest BCUT2D eigenvalue weighted by atomic mass is 10.2. The Kier molecular flexibility index (Phi) is 7.06. The van der Waals surface area contributed by atoms with Crippen LogP contribution in [0.25, 0.3) is 0 Å². The predicted octanol–water partition coefficient (Wildman–Crippen LogP) is 1.83. The van der Waals surface area contributed by atoms with Gasteiger partial charge in [-0.1, -0.05) is 13.0 Å². The zero-order valence-electron chi connectivity index (χ0n) is 11.4. The fourth-order valence-corrected chi connectivity index (χ4v) is 1.70. The van der Waals surface area contributed by atoms with Gasteiger partial charge in [0.2, 0.25) is 0 Å². The lowest BCUT2D eigenvalue weighted by Crippen LogP contribution is -2.27. The van der Waals surface area contributed by atoms with E-state index < -0.39 is 0 Å². The smallest absolute Gasteiger partial charge is 0.0637 e. The third kappa shape index (κ3) is 4.85. The van der Waals surface area contributed by atoms with Crippen LogP contribution in [0.5, 0.6) is 0 Å². The minimum Gasteiger partial charge on any atom is -0.383 e. The lowest BCUT2D eigenvalue weighted by molar-refractivity contribution is 0.206. The number of nitrogens with zero attached hydrogens (tertiary/aromatic N) is 2. The number of hydrogen-bond acceptors (Lipinski definition) is 4. The maximum atomic E-state index is 5.13. The molecule has 4 heteroatoms. The topological polar surface area (TPSA) is 37.4 Å². The quantitative estimate of drug-likeness (QED) is 0.678. The van der Waals surface area contributed by atoms with Gasteiger partial charge in [0.05, 0.1) is 12.3 Å². The maximum Gasteiger partial charge on any atom is 0.0637 e. The molecule has 0 unspecified atom stereocenters. The zero-order valence-corrected chi connectivity index (χ0v) is 11.4. The Morgan fingerprint density at radius 1 is 1.56 bits per heavy atom. The molecule has 0 spiro atoms. The molecule has 1 heterocycles. The summed E-state index contributed by atoms with van der Waals surface area (Å²) in [6, 6.07) is 4.14. The summed E-state index contributed by atoms with van der Waals surface area (Å²) in [5.74, 6) is 0. The third-order valence-electron chi connectivity index (χ3n) is 2.64. The van der Waals surface area contributed by atoms with Gasteiger partial charge in [-0.05, 0) is 18.7 Å². The van der Waals surface area contributed by atoms with Crippen molar-refractivity contribution >= 4 is 5.69 Å². The number of anilines is 1. The second kappa shape index (κ2) is 8.66. The first-order valence-corrected chi connectivity index (χ1v) is 6.32. The second-order valence-electron chi connectivity index (χ2n) is 4.01. The summed E-state index contributed by atoms with van der Waals surface area (Å²) in [4.78, 5) is 6.58. The van der Waals surface area contributed by atoms with E-state index in [9.17, 15) is 0 Å². The zero-order chi connectivity index (χ0) is 13.2. The van der Waals surface area contributed by atoms with Gasteiger partial charge in [0.15, 0.2) is 0 Å². The molecule has 0 fully saturated rings. The summed E-state index contributed by atoms with van der Waals surface area (Å²) < 4.78 is 5.13. The lowest BCUT2D eigenvalue weighted by Gasteiger charge is -2.23. The van der Waals surface area contributed by atoms with Gasteiger partial charge in [-0.2, -0.15) is 0 Å². The highest BCUT2D eigenvalue weighted by atomic mass is 16.5. The Bertz CT molecular complexity index is 355. The van der Waals surface area contributed by atoms with Crippen molar-refractivity contribution < 1.29 is 4.74 Å². The highest BCUT2D eigenvalue weighted by Crippen LogP contribution is 2.14. The average Bonchev–Trinajstić information content (AvgIpc) is 2.41. The highest BCUT2D eigenvalue weighted by Gasteiger charge is 2.05. The van der Waals surface area contributed by atoms with Gasteiger partial charge < -0.3 is 15.0 Å². The van der Waals surface area contributed by atoms with E-state index >= 15 is 0 Å². The van der Waals surface area contributed by atoms with Gasteiger partial charge in [0.25, 0.3) is 0 Å². The molecule has 1 aromatic heterocycles. The normalized spacial score (nSPS) is 10.3. The minimum absolute atomic E-state index is 0.707. The number of ether oxygens (including phenoxy) is 1. The van der Waals surface area contributed by atoms with Crippen LogP contribution in [0.4, 0.5) is 5.69 Å². The van der Waals surface area contributed by atoms with Crippen LogP contribution >= 0.6 is 0 Å². The van der Waals surface area contributed by atoms with Crippen molar-refractivity contribution in [3.63, 3.8) is 0 Å². The van der Waals surface area contributed by atoms with Gasteiger partial charge in [0, 0.05) is 38.6 Å². The van der Waals surface area contributed by atoms with Gasteiger partial charge in [-0.15, -0.1) is 6.58 Å². The number of rotatable bonds is 9. The van der Waals surface area contributed by atoms with Crippen molar-refractivity contribution in [3.05, 3.63) is 36.7 Å². The average molecular weight is 249 g/mol. The van der Waals surface area contributed by atoms with E-state index in [4.69, 9.17) is 4.74 Å². The van der Waals surface area contributed by atoms with Gasteiger partial charge in [-0.3, -0.25) is 4.98 Å². The van der Waals surface area contributed by atoms with Gasteiger partial charge in [0.1, 0.15) is 0 Å². The molecule has 1 rings (SSSR count). The van der Waals surface area contributed by atoms with E-state index in [1.807, 2.05) is 18.3 Å². The molecule has 0 bridgehead atoms. The number of hydrogen-bond donors (Lipinski definition) is 1. The fourth-order valence-electron chi connectivity index (χ4n) is 1.70. The molecule has 1 aromatic rings. The van der Waals surface area contributed by atoms with Crippen LogP contribution in [0.1, 0.15) is 12.6 Å². The first-order chi connectivity index (χ1) is 8.81. The Morgan fingerprint density at radius 2 is 2.39 bits per heavy atom. The number of aromatic nitrogens is 1. The molecule has 18 heavy (non-hydrogen) atoms. The van der Waals surface area contributed by atoms with E-state index in [1.54, 1.807) is 7.11 Å². The van der Waals surface area contributed by atoms with Crippen LogP contribution in [-0.2, 0) is 11.3 Å². The molecule has 0 amide bonds. The predicted molar refractivity (Wildman–Crippen MR) is 75.9 cm³/mol. The Balaban J connectivity index is 2.73. The largest absolute Gasteiger partial charge is 0.383 e. The standard InChI is InChI=1S/C14H23N3O/c1-4-8-17(9-10-18-3)14-6-7-16-13(11-14)12-15-5-2/h4,6-7,11,15H,1,5,8-10,12H2,2-3H3. The SMILES string of the molecule is C=CCN(CCOC)c1ccnc(CNCC)c1. The van der Waals surface area contributed by atoms with Crippen LogP contribution in [0.2, 0.25) is 0 Å².